The van der Waals surface area contributed by atoms with Crippen LogP contribution in [0.2, 0.25) is 0 Å². The molecule has 1 fully saturated rings. The molecule has 8 nitrogen and oxygen atoms in total. The first-order chi connectivity index (χ1) is 13.6. The second-order valence-corrected chi connectivity index (χ2v) is 6.78. The summed E-state index contributed by atoms with van der Waals surface area (Å²) in [5, 5.41) is 11.6. The molecule has 3 rings (SSSR count). The molecule has 2 aromatic rings. The number of morpholine rings is 1. The second-order valence-electron chi connectivity index (χ2n) is 5.84. The molecule has 0 unspecified atom stereocenters. The normalized spacial score (nSPS) is 14.4. The van der Waals surface area contributed by atoms with Crippen LogP contribution < -0.4 is 15.0 Å². The summed E-state index contributed by atoms with van der Waals surface area (Å²) in [4.78, 5) is 14.4. The van der Waals surface area contributed by atoms with Crippen molar-refractivity contribution in [2.75, 3.05) is 42.3 Å². The Labute approximate surface area is 165 Å². The quantitative estimate of drug-likeness (QED) is 0.666. The van der Waals surface area contributed by atoms with Crippen LogP contribution in [0.25, 0.3) is 0 Å². The molecule has 1 aliphatic rings. The van der Waals surface area contributed by atoms with E-state index in [4.69, 9.17) is 4.74 Å². The minimum absolute atomic E-state index is 0.0598. The van der Waals surface area contributed by atoms with Gasteiger partial charge in [-0.25, -0.2) is 0 Å². The molecule has 2 heterocycles. The maximum atomic E-state index is 12.5. The highest BCUT2D eigenvalue weighted by Gasteiger charge is 2.20. The number of aromatic nitrogens is 3. The third-order valence-electron chi connectivity index (χ3n) is 4.02. The second kappa shape index (κ2) is 9.69. The van der Waals surface area contributed by atoms with Gasteiger partial charge in [-0.3, -0.25) is 9.36 Å². The number of carbonyl (C=O) groups excluding carboxylic acids is 1. The minimum atomic E-state index is -2.96. The van der Waals surface area contributed by atoms with Crippen molar-refractivity contribution < 1.29 is 23.0 Å². The fourth-order valence-electron chi connectivity index (χ4n) is 2.75. The fourth-order valence-corrected chi connectivity index (χ4v) is 3.54. The maximum Gasteiger partial charge on any atom is 0.387 e. The van der Waals surface area contributed by atoms with E-state index in [1.807, 2.05) is 11.5 Å². The van der Waals surface area contributed by atoms with Crippen molar-refractivity contribution in [1.29, 1.82) is 0 Å². The van der Waals surface area contributed by atoms with Crippen LogP contribution in [0.15, 0.2) is 29.4 Å². The van der Waals surface area contributed by atoms with Crippen LogP contribution >= 0.6 is 11.8 Å². The van der Waals surface area contributed by atoms with Crippen LogP contribution in [-0.4, -0.2) is 59.3 Å². The number of thioether (sulfide) groups is 1. The fraction of sp³-hybridized carbons (Fsp3) is 0.471. The number of rotatable bonds is 8. The lowest BCUT2D eigenvalue weighted by molar-refractivity contribution is -0.113. The first-order valence-corrected chi connectivity index (χ1v) is 9.79. The van der Waals surface area contributed by atoms with Crippen molar-refractivity contribution >= 4 is 29.3 Å². The Morgan fingerprint density at radius 1 is 1.32 bits per heavy atom. The molecule has 0 bridgehead atoms. The number of ether oxygens (including phenoxy) is 2. The number of nitrogens with zero attached hydrogens (tertiary/aromatic N) is 4. The Morgan fingerprint density at radius 2 is 2.07 bits per heavy atom. The first kappa shape index (κ1) is 20.3. The van der Waals surface area contributed by atoms with Crippen LogP contribution in [0, 0.1) is 0 Å². The molecule has 1 N–H and O–H groups in total. The number of amides is 1. The van der Waals surface area contributed by atoms with Crippen LogP contribution in [0.3, 0.4) is 0 Å². The summed E-state index contributed by atoms with van der Waals surface area (Å²) in [6.45, 7) is 2.44. The highest BCUT2D eigenvalue weighted by Crippen LogP contribution is 2.27. The Hall–Kier alpha value is -2.40. The van der Waals surface area contributed by atoms with Gasteiger partial charge in [-0.1, -0.05) is 23.9 Å². The van der Waals surface area contributed by atoms with Crippen LogP contribution in [0.4, 0.5) is 20.4 Å². The number of benzene rings is 1. The van der Waals surface area contributed by atoms with Gasteiger partial charge in [-0.05, 0) is 19.1 Å². The molecule has 1 aromatic heterocycles. The van der Waals surface area contributed by atoms with Crippen molar-refractivity contribution in [3.63, 3.8) is 0 Å². The number of alkyl halides is 2. The zero-order valence-corrected chi connectivity index (χ0v) is 16.1. The van der Waals surface area contributed by atoms with Gasteiger partial charge in [0, 0.05) is 19.6 Å². The number of nitrogens with one attached hydrogen (secondary N) is 1. The van der Waals surface area contributed by atoms with Gasteiger partial charge in [-0.15, -0.1) is 10.2 Å². The van der Waals surface area contributed by atoms with Crippen LogP contribution in [0.1, 0.15) is 6.92 Å². The molecular formula is C17H21F2N5O3S. The monoisotopic (exact) mass is 413 g/mol. The average molecular weight is 413 g/mol. The van der Waals surface area contributed by atoms with Gasteiger partial charge in [-0.2, -0.15) is 8.78 Å². The molecular weight excluding hydrogens is 392 g/mol. The average Bonchev–Trinajstić information content (AvgIpc) is 3.11. The summed E-state index contributed by atoms with van der Waals surface area (Å²) < 4.78 is 36.7. The molecule has 0 spiro atoms. The van der Waals surface area contributed by atoms with Gasteiger partial charge in [0.2, 0.25) is 11.9 Å². The van der Waals surface area contributed by atoms with E-state index < -0.39 is 6.61 Å². The lowest BCUT2D eigenvalue weighted by Crippen LogP contribution is -2.38. The summed E-state index contributed by atoms with van der Waals surface area (Å²) in [5.74, 6) is 0.380. The zero-order chi connectivity index (χ0) is 19.9. The molecule has 11 heteroatoms. The van der Waals surface area contributed by atoms with Crippen molar-refractivity contribution in [3.8, 4) is 5.75 Å². The molecule has 28 heavy (non-hydrogen) atoms. The zero-order valence-electron chi connectivity index (χ0n) is 15.3. The van der Waals surface area contributed by atoms with Gasteiger partial charge in [0.05, 0.1) is 24.7 Å². The molecule has 0 saturated carbocycles. The first-order valence-electron chi connectivity index (χ1n) is 8.81. The highest BCUT2D eigenvalue weighted by molar-refractivity contribution is 7.99. The lowest BCUT2D eigenvalue weighted by Gasteiger charge is -2.27. The van der Waals surface area contributed by atoms with E-state index in [1.54, 1.807) is 12.1 Å². The van der Waals surface area contributed by atoms with Crippen molar-refractivity contribution in [3.05, 3.63) is 24.3 Å². The summed E-state index contributed by atoms with van der Waals surface area (Å²) in [6.07, 6.45) is 0. The summed E-state index contributed by atoms with van der Waals surface area (Å²) >= 11 is 1.23. The van der Waals surface area contributed by atoms with Crippen molar-refractivity contribution in [1.82, 2.24) is 14.8 Å². The molecule has 0 aliphatic carbocycles. The predicted octanol–water partition coefficient (Wildman–Crippen LogP) is 2.47. The lowest BCUT2D eigenvalue weighted by atomic mass is 10.3. The maximum absolute atomic E-state index is 12.5. The molecule has 0 radical (unpaired) electrons. The van der Waals surface area contributed by atoms with E-state index >= 15 is 0 Å². The third-order valence-corrected chi connectivity index (χ3v) is 4.98. The molecule has 1 saturated heterocycles. The van der Waals surface area contributed by atoms with Gasteiger partial charge in [0.1, 0.15) is 5.75 Å². The predicted molar refractivity (Wildman–Crippen MR) is 101 cm³/mol. The van der Waals surface area contributed by atoms with Crippen molar-refractivity contribution in [2.45, 2.75) is 25.2 Å². The number of para-hydroxylation sites is 2. The Kier molecular flexibility index (Phi) is 7.04. The largest absolute Gasteiger partial charge is 0.433 e. The molecule has 1 aliphatic heterocycles. The number of anilines is 2. The Balaban J connectivity index is 1.61. The van der Waals surface area contributed by atoms with Crippen molar-refractivity contribution in [2.24, 2.45) is 0 Å². The van der Waals surface area contributed by atoms with Gasteiger partial charge < -0.3 is 19.7 Å². The summed E-state index contributed by atoms with van der Waals surface area (Å²) in [6, 6.07) is 6.06. The van der Waals surface area contributed by atoms with Crippen LogP contribution in [0.5, 0.6) is 5.75 Å². The third kappa shape index (κ3) is 5.10. The van der Waals surface area contributed by atoms with Gasteiger partial charge in [0.15, 0.2) is 5.16 Å². The van der Waals surface area contributed by atoms with E-state index in [1.165, 1.54) is 23.9 Å². The van der Waals surface area contributed by atoms with E-state index in [0.29, 0.717) is 24.9 Å². The van der Waals surface area contributed by atoms with E-state index in [-0.39, 0.29) is 23.1 Å². The van der Waals surface area contributed by atoms with Gasteiger partial charge >= 0.3 is 6.61 Å². The van der Waals surface area contributed by atoms with E-state index in [2.05, 4.69) is 25.2 Å². The Morgan fingerprint density at radius 3 is 2.79 bits per heavy atom. The molecule has 0 atom stereocenters. The standard InChI is InChI=1S/C17H21F2N5O3S/c1-2-24-16(23-7-9-26-10-8-23)21-22-17(24)28-11-14(25)20-12-5-3-4-6-13(12)27-15(18)19/h3-6,15H,2,7-11H2,1H3,(H,20,25). The van der Waals surface area contributed by atoms with Gasteiger partial charge in [0.25, 0.3) is 0 Å². The number of hydrogen-bond donors (Lipinski definition) is 1. The molecule has 1 aromatic carbocycles. The number of hydrogen-bond acceptors (Lipinski definition) is 7. The SMILES string of the molecule is CCn1c(SCC(=O)Nc2ccccc2OC(F)F)nnc1N1CCOCC1. The number of halogens is 2. The summed E-state index contributed by atoms with van der Waals surface area (Å²) in [7, 11) is 0. The minimum Gasteiger partial charge on any atom is -0.433 e. The highest BCUT2D eigenvalue weighted by atomic mass is 32.2. The summed E-state index contributed by atoms with van der Waals surface area (Å²) in [5.41, 5.74) is 0.194. The Bertz CT molecular complexity index is 799. The van der Waals surface area contributed by atoms with E-state index in [9.17, 15) is 13.6 Å². The molecule has 152 valence electrons. The topological polar surface area (TPSA) is 81.5 Å². The van der Waals surface area contributed by atoms with E-state index in [0.717, 1.165) is 19.0 Å². The molecule has 1 amide bonds. The smallest absolute Gasteiger partial charge is 0.387 e. The van der Waals surface area contributed by atoms with Crippen LogP contribution in [-0.2, 0) is 16.1 Å². The number of carbonyl (C=O) groups is 1.